The van der Waals surface area contributed by atoms with Crippen LogP contribution in [0.4, 0.5) is 40.3 Å². The van der Waals surface area contributed by atoms with E-state index in [0.29, 0.717) is 51.0 Å². The van der Waals surface area contributed by atoms with Crippen molar-refractivity contribution in [3.8, 4) is 0 Å². The number of hydrogen-bond acceptors (Lipinski definition) is 16. The minimum Gasteiger partial charge on any atom is -0.399 e. The van der Waals surface area contributed by atoms with Gasteiger partial charge in [0.1, 0.15) is 11.6 Å². The van der Waals surface area contributed by atoms with Gasteiger partial charge in [0.15, 0.2) is 11.3 Å². The van der Waals surface area contributed by atoms with E-state index in [9.17, 15) is 16.8 Å². The van der Waals surface area contributed by atoms with Crippen LogP contribution in [0.3, 0.4) is 0 Å². The second kappa shape index (κ2) is 16.5. The van der Waals surface area contributed by atoms with Crippen molar-refractivity contribution in [2.75, 3.05) is 21.7 Å². The Morgan fingerprint density at radius 1 is 0.508 bits per heavy atom. The van der Waals surface area contributed by atoms with Crippen molar-refractivity contribution in [1.29, 1.82) is 0 Å². The SMILES string of the molecule is NS(=O)(=O)c1ccc(Nc2nc(Cl)nc3[nH]ncc23)cc1.NS(=O)(=O)c1ccc(Nc2nc(Nc3ccc4[nH]ncc4c3)nc3[nH]ncc23)cc1.Nc1ccc2[nH]ncc2c1. The van der Waals surface area contributed by atoms with Crippen molar-refractivity contribution in [1.82, 2.24) is 60.7 Å². The van der Waals surface area contributed by atoms with E-state index >= 15 is 0 Å². The number of fused-ring (bicyclic) bond motifs is 4. The van der Waals surface area contributed by atoms with Gasteiger partial charge in [-0.25, -0.2) is 27.1 Å². The van der Waals surface area contributed by atoms with E-state index in [1.54, 1.807) is 49.1 Å². The van der Waals surface area contributed by atoms with Crippen molar-refractivity contribution >= 4 is 116 Å². The molecular weight excluding hydrogens is 848 g/mol. The van der Waals surface area contributed by atoms with Gasteiger partial charge in [0, 0.05) is 33.5 Å². The van der Waals surface area contributed by atoms with Crippen molar-refractivity contribution in [2.45, 2.75) is 9.79 Å². The van der Waals surface area contributed by atoms with Gasteiger partial charge in [-0.2, -0.15) is 40.3 Å². The Labute approximate surface area is 348 Å². The smallest absolute Gasteiger partial charge is 0.238 e. The number of nitrogens with two attached hydrogens (primary N) is 3. The van der Waals surface area contributed by atoms with E-state index < -0.39 is 20.0 Å². The number of benzene rings is 4. The van der Waals surface area contributed by atoms with E-state index in [1.165, 1.54) is 24.3 Å². The molecule has 61 heavy (non-hydrogen) atoms. The Kier molecular flexibility index (Phi) is 10.8. The van der Waals surface area contributed by atoms with Gasteiger partial charge in [0.25, 0.3) is 0 Å². The summed E-state index contributed by atoms with van der Waals surface area (Å²) in [4.78, 5) is 17.1. The Morgan fingerprint density at radius 2 is 0.984 bits per heavy atom. The number of nitrogens with one attached hydrogen (secondary N) is 7. The molecule has 25 heteroatoms. The fourth-order valence-electron chi connectivity index (χ4n) is 5.73. The normalized spacial score (nSPS) is 11.5. The fourth-order valence-corrected chi connectivity index (χ4v) is 6.93. The summed E-state index contributed by atoms with van der Waals surface area (Å²) in [6.07, 6.45) is 6.66. The van der Waals surface area contributed by atoms with Crippen LogP contribution in [0.5, 0.6) is 0 Å². The first-order valence-electron chi connectivity index (χ1n) is 17.5. The molecule has 6 heterocycles. The van der Waals surface area contributed by atoms with Crippen LogP contribution in [-0.2, 0) is 20.0 Å². The molecule has 0 radical (unpaired) electrons. The van der Waals surface area contributed by atoms with E-state index in [2.05, 4.69) is 76.7 Å². The number of hydrogen-bond donors (Lipinski definition) is 10. The molecule has 0 saturated heterocycles. The molecule has 4 aromatic carbocycles. The van der Waals surface area contributed by atoms with E-state index in [0.717, 1.165) is 33.2 Å². The average Bonchev–Trinajstić information content (AvgIpc) is 4.06. The molecule has 0 saturated carbocycles. The maximum absolute atomic E-state index is 11.4. The average molecular weight is 879 g/mol. The predicted octanol–water partition coefficient (Wildman–Crippen LogP) is 4.91. The second-order valence-electron chi connectivity index (χ2n) is 12.9. The topological polar surface area (TPSA) is 349 Å². The minimum atomic E-state index is -3.76. The van der Waals surface area contributed by atoms with E-state index in [1.807, 2.05) is 36.4 Å². The zero-order valence-electron chi connectivity index (χ0n) is 31.0. The van der Waals surface area contributed by atoms with Crippen LogP contribution in [-0.4, -0.2) is 77.6 Å². The molecule has 0 fully saturated rings. The van der Waals surface area contributed by atoms with Crippen molar-refractivity contribution < 1.29 is 16.8 Å². The highest BCUT2D eigenvalue weighted by Crippen LogP contribution is 2.28. The quantitative estimate of drug-likeness (QED) is 0.0716. The minimum absolute atomic E-state index is 0.0289. The summed E-state index contributed by atoms with van der Waals surface area (Å²) in [5, 5.41) is 50.0. The first-order valence-corrected chi connectivity index (χ1v) is 21.0. The lowest BCUT2D eigenvalue weighted by Crippen LogP contribution is -2.11. The zero-order valence-corrected chi connectivity index (χ0v) is 33.4. The molecule has 0 atom stereocenters. The number of halogens is 1. The molecule has 0 aliphatic rings. The van der Waals surface area contributed by atoms with Gasteiger partial charge in [0.2, 0.25) is 31.3 Å². The van der Waals surface area contributed by atoms with Crippen LogP contribution in [0, 0.1) is 0 Å². The number of anilines is 7. The molecular formula is C36H31ClN18O4S2. The highest BCUT2D eigenvalue weighted by Gasteiger charge is 2.13. The number of sulfonamides is 2. The van der Waals surface area contributed by atoms with E-state index in [4.69, 9.17) is 27.6 Å². The molecule has 308 valence electrons. The Morgan fingerprint density at radius 3 is 1.54 bits per heavy atom. The first-order chi connectivity index (χ1) is 29.2. The molecule has 0 unspecified atom stereocenters. The number of aromatic nitrogens is 12. The summed E-state index contributed by atoms with van der Waals surface area (Å²) >= 11 is 5.83. The van der Waals surface area contributed by atoms with Crippen LogP contribution in [0.25, 0.3) is 43.9 Å². The second-order valence-corrected chi connectivity index (χ2v) is 16.4. The number of aromatic amines is 4. The van der Waals surface area contributed by atoms with Gasteiger partial charge in [0.05, 0.1) is 56.4 Å². The summed E-state index contributed by atoms with van der Waals surface area (Å²) in [5.74, 6) is 1.32. The highest BCUT2D eigenvalue weighted by atomic mass is 35.5. The molecule has 0 amide bonds. The molecule has 0 spiro atoms. The third-order valence-electron chi connectivity index (χ3n) is 8.64. The third kappa shape index (κ3) is 9.43. The number of primary sulfonamides is 2. The lowest BCUT2D eigenvalue weighted by atomic mass is 10.2. The molecule has 13 N–H and O–H groups in total. The Balaban J connectivity index is 0.000000143. The molecule has 6 aromatic heterocycles. The Hall–Kier alpha value is -7.77. The summed E-state index contributed by atoms with van der Waals surface area (Å²) in [6.45, 7) is 0. The lowest BCUT2D eigenvalue weighted by molar-refractivity contribution is 0.596. The van der Waals surface area contributed by atoms with Gasteiger partial charge < -0.3 is 21.7 Å². The molecule has 10 aromatic rings. The van der Waals surface area contributed by atoms with E-state index in [-0.39, 0.29) is 15.1 Å². The maximum Gasteiger partial charge on any atom is 0.238 e. The van der Waals surface area contributed by atoms with Gasteiger partial charge in [-0.1, -0.05) is 0 Å². The Bertz CT molecular complexity index is 3390. The number of nitrogens with zero attached hydrogens (tertiary/aromatic N) is 8. The van der Waals surface area contributed by atoms with Gasteiger partial charge in [-0.15, -0.1) is 0 Å². The fraction of sp³-hybridized carbons (Fsp3) is 0. The van der Waals surface area contributed by atoms with Gasteiger partial charge >= 0.3 is 0 Å². The summed E-state index contributed by atoms with van der Waals surface area (Å²) < 4.78 is 45.3. The largest absolute Gasteiger partial charge is 0.399 e. The van der Waals surface area contributed by atoms with Crippen LogP contribution in [0.1, 0.15) is 0 Å². The van der Waals surface area contributed by atoms with Crippen molar-refractivity contribution in [3.05, 3.63) is 115 Å². The third-order valence-corrected chi connectivity index (χ3v) is 10.7. The summed E-state index contributed by atoms with van der Waals surface area (Å²) in [5.41, 5.74) is 11.4. The van der Waals surface area contributed by atoms with Crippen LogP contribution in [0.15, 0.2) is 120 Å². The molecule has 22 nitrogen and oxygen atoms in total. The van der Waals surface area contributed by atoms with Crippen LogP contribution < -0.4 is 32.0 Å². The molecule has 0 bridgehead atoms. The number of rotatable bonds is 8. The summed E-state index contributed by atoms with van der Waals surface area (Å²) in [6, 6.07) is 23.4. The van der Waals surface area contributed by atoms with Crippen molar-refractivity contribution in [3.63, 3.8) is 0 Å². The number of H-pyrrole nitrogens is 4. The summed E-state index contributed by atoms with van der Waals surface area (Å²) in [7, 11) is -7.47. The first kappa shape index (κ1) is 40.0. The maximum atomic E-state index is 11.4. The molecule has 0 aliphatic carbocycles. The van der Waals surface area contributed by atoms with Gasteiger partial charge in [-0.3, -0.25) is 20.4 Å². The number of nitrogen functional groups attached to an aromatic ring is 1. The monoisotopic (exact) mass is 878 g/mol. The highest BCUT2D eigenvalue weighted by molar-refractivity contribution is 7.89. The molecule has 0 aliphatic heterocycles. The molecule has 10 rings (SSSR count). The van der Waals surface area contributed by atoms with Crippen LogP contribution >= 0.6 is 11.6 Å². The van der Waals surface area contributed by atoms with Crippen molar-refractivity contribution in [2.24, 2.45) is 10.3 Å². The standard InChI is InChI=1S/C18H15N9O2S.C11H9ClN6O2S.C7H7N3/c19-30(28,29)13-4-1-11(2-5-13)22-16-14-9-21-27-17(14)25-18(24-16)23-12-3-6-15-10(7-12)8-20-26-15;12-11-16-9(8-5-14-18-10(8)17-11)15-6-1-3-7(4-2-6)21(13,19)20;8-6-1-2-7-5(3-6)4-9-10-7/h1-9H,(H,20,26)(H2,19,28,29)(H3,21,22,23,24,25,27);1-5H,(H2,13,19,20)(H2,14,15,16,17,18);1-4H,8H2,(H,9,10). The lowest BCUT2D eigenvalue weighted by Gasteiger charge is -2.10. The van der Waals surface area contributed by atoms with Crippen LogP contribution in [0.2, 0.25) is 5.28 Å². The predicted molar refractivity (Wildman–Crippen MR) is 230 cm³/mol. The zero-order chi connectivity index (χ0) is 42.7. The van der Waals surface area contributed by atoms with Gasteiger partial charge in [-0.05, 0) is 96.5 Å².